The fourth-order valence-corrected chi connectivity index (χ4v) is 2.63. The lowest BCUT2D eigenvalue weighted by atomic mass is 10.2. The number of nitrogens with one attached hydrogen (secondary N) is 1. The van der Waals surface area contributed by atoms with Gasteiger partial charge in [0, 0.05) is 25.7 Å². The number of nitrogens with zero attached hydrogens (tertiary/aromatic N) is 3. The minimum Gasteiger partial charge on any atom is -0.334 e. The minimum absolute atomic E-state index is 0.480. The van der Waals surface area contributed by atoms with E-state index >= 15 is 0 Å². The van der Waals surface area contributed by atoms with E-state index < -0.39 is 0 Å². The summed E-state index contributed by atoms with van der Waals surface area (Å²) in [5, 5.41) is 8.08. The van der Waals surface area contributed by atoms with Gasteiger partial charge in [0.1, 0.15) is 0 Å². The second-order valence-electron chi connectivity index (χ2n) is 5.09. The fourth-order valence-electron chi connectivity index (χ4n) is 2.42. The van der Waals surface area contributed by atoms with Crippen LogP contribution in [0.4, 0.5) is 0 Å². The van der Waals surface area contributed by atoms with E-state index in [0.29, 0.717) is 29.3 Å². The number of hydrogen-bond acceptors (Lipinski definition) is 5. The average Bonchev–Trinajstić information content (AvgIpc) is 2.87. The molecule has 3 rings (SSSR count). The summed E-state index contributed by atoms with van der Waals surface area (Å²) in [5.74, 6) is 1.18. The van der Waals surface area contributed by atoms with Gasteiger partial charge in [-0.25, -0.2) is 0 Å². The van der Waals surface area contributed by atoms with Gasteiger partial charge in [-0.3, -0.25) is 4.90 Å². The van der Waals surface area contributed by atoms with Crippen molar-refractivity contribution in [3.63, 3.8) is 0 Å². The van der Waals surface area contributed by atoms with Crippen molar-refractivity contribution in [1.29, 1.82) is 0 Å². The Kier molecular flexibility index (Phi) is 4.00. The molecule has 1 aliphatic heterocycles. The van der Waals surface area contributed by atoms with Crippen molar-refractivity contribution in [2.45, 2.75) is 19.5 Å². The van der Waals surface area contributed by atoms with Crippen molar-refractivity contribution >= 4 is 11.6 Å². The van der Waals surface area contributed by atoms with Gasteiger partial charge in [0.05, 0.1) is 17.1 Å². The highest BCUT2D eigenvalue weighted by Gasteiger charge is 2.18. The fraction of sp³-hybridized carbons (Fsp3) is 0.429. The van der Waals surface area contributed by atoms with Crippen LogP contribution in [0.3, 0.4) is 0 Å². The maximum atomic E-state index is 6.13. The molecule has 1 atom stereocenters. The molecular formula is C14H17ClN4O. The third-order valence-electron chi connectivity index (χ3n) is 3.39. The van der Waals surface area contributed by atoms with Gasteiger partial charge in [0.25, 0.3) is 5.89 Å². The molecule has 0 spiro atoms. The first-order chi connectivity index (χ1) is 9.72. The lowest BCUT2D eigenvalue weighted by Crippen LogP contribution is -2.48. The molecule has 0 radical (unpaired) electrons. The zero-order valence-corrected chi connectivity index (χ0v) is 12.1. The molecule has 1 aromatic carbocycles. The summed E-state index contributed by atoms with van der Waals surface area (Å²) in [7, 11) is 0. The molecule has 1 saturated heterocycles. The molecule has 0 bridgehead atoms. The first-order valence-electron chi connectivity index (χ1n) is 6.75. The highest BCUT2D eigenvalue weighted by Crippen LogP contribution is 2.25. The molecule has 2 heterocycles. The molecule has 0 unspecified atom stereocenters. The van der Waals surface area contributed by atoms with Crippen molar-refractivity contribution in [3.05, 3.63) is 35.1 Å². The van der Waals surface area contributed by atoms with Gasteiger partial charge in [-0.05, 0) is 19.1 Å². The van der Waals surface area contributed by atoms with Gasteiger partial charge in [-0.15, -0.1) is 0 Å². The van der Waals surface area contributed by atoms with E-state index in [0.717, 1.165) is 25.2 Å². The van der Waals surface area contributed by atoms with Gasteiger partial charge in [-0.2, -0.15) is 4.98 Å². The van der Waals surface area contributed by atoms with Crippen LogP contribution in [0.5, 0.6) is 0 Å². The summed E-state index contributed by atoms with van der Waals surface area (Å²) >= 11 is 6.13. The van der Waals surface area contributed by atoms with Gasteiger partial charge in [-0.1, -0.05) is 28.9 Å². The van der Waals surface area contributed by atoms with Crippen molar-refractivity contribution in [2.24, 2.45) is 0 Å². The summed E-state index contributed by atoms with van der Waals surface area (Å²) < 4.78 is 5.31. The molecule has 0 amide bonds. The summed E-state index contributed by atoms with van der Waals surface area (Å²) in [6, 6.07) is 7.98. The van der Waals surface area contributed by atoms with Crippen LogP contribution in [0.25, 0.3) is 11.5 Å². The Morgan fingerprint density at radius 3 is 3.10 bits per heavy atom. The molecule has 1 fully saturated rings. The van der Waals surface area contributed by atoms with Crippen LogP contribution in [-0.2, 0) is 6.54 Å². The molecule has 1 aromatic heterocycles. The molecule has 0 saturated carbocycles. The Morgan fingerprint density at radius 1 is 1.45 bits per heavy atom. The lowest BCUT2D eigenvalue weighted by molar-refractivity contribution is 0.193. The normalized spacial score (nSPS) is 20.2. The zero-order chi connectivity index (χ0) is 13.9. The summed E-state index contributed by atoms with van der Waals surface area (Å²) in [5.41, 5.74) is 0.779. The Labute approximate surface area is 122 Å². The topological polar surface area (TPSA) is 54.2 Å². The van der Waals surface area contributed by atoms with Crippen molar-refractivity contribution in [1.82, 2.24) is 20.4 Å². The molecular weight excluding hydrogens is 276 g/mol. The summed E-state index contributed by atoms with van der Waals surface area (Å²) in [6.45, 7) is 5.88. The van der Waals surface area contributed by atoms with Crippen LogP contribution in [0, 0.1) is 0 Å². The maximum Gasteiger partial charge on any atom is 0.259 e. The van der Waals surface area contributed by atoms with Crippen LogP contribution >= 0.6 is 11.6 Å². The quantitative estimate of drug-likeness (QED) is 0.940. The van der Waals surface area contributed by atoms with Crippen molar-refractivity contribution in [2.75, 3.05) is 19.6 Å². The number of halogens is 1. The van der Waals surface area contributed by atoms with Crippen LogP contribution in [0.15, 0.2) is 28.8 Å². The number of hydrogen-bond donors (Lipinski definition) is 1. The summed E-state index contributed by atoms with van der Waals surface area (Å²) in [6.07, 6.45) is 0. The molecule has 1 aliphatic rings. The number of aromatic nitrogens is 2. The van der Waals surface area contributed by atoms with E-state index in [2.05, 4.69) is 27.3 Å². The second kappa shape index (κ2) is 5.91. The van der Waals surface area contributed by atoms with Crippen molar-refractivity contribution < 1.29 is 4.52 Å². The number of rotatable bonds is 3. The monoisotopic (exact) mass is 292 g/mol. The van der Waals surface area contributed by atoms with E-state index in [-0.39, 0.29) is 0 Å². The predicted octanol–water partition coefficient (Wildman–Crippen LogP) is 2.18. The van der Waals surface area contributed by atoms with E-state index in [1.54, 1.807) is 0 Å². The maximum absolute atomic E-state index is 6.13. The highest BCUT2D eigenvalue weighted by molar-refractivity contribution is 6.33. The van der Waals surface area contributed by atoms with E-state index in [1.807, 2.05) is 24.3 Å². The Bertz CT molecular complexity index is 586. The second-order valence-corrected chi connectivity index (χ2v) is 5.49. The van der Waals surface area contributed by atoms with Gasteiger partial charge in [0.15, 0.2) is 5.82 Å². The number of piperazine rings is 1. The molecule has 0 aliphatic carbocycles. The van der Waals surface area contributed by atoms with E-state index in [9.17, 15) is 0 Å². The third-order valence-corrected chi connectivity index (χ3v) is 3.72. The van der Waals surface area contributed by atoms with Gasteiger partial charge in [0.2, 0.25) is 0 Å². The predicted molar refractivity (Wildman–Crippen MR) is 77.5 cm³/mol. The van der Waals surface area contributed by atoms with Crippen molar-refractivity contribution in [3.8, 4) is 11.5 Å². The molecule has 106 valence electrons. The van der Waals surface area contributed by atoms with Crippen LogP contribution < -0.4 is 5.32 Å². The Morgan fingerprint density at radius 2 is 2.30 bits per heavy atom. The molecule has 20 heavy (non-hydrogen) atoms. The molecule has 6 heteroatoms. The SMILES string of the molecule is C[C@H]1CN(Cc2noc(-c3ccccc3Cl)n2)CCN1. The lowest BCUT2D eigenvalue weighted by Gasteiger charge is -2.30. The molecule has 5 nitrogen and oxygen atoms in total. The van der Waals surface area contributed by atoms with Gasteiger partial charge < -0.3 is 9.84 Å². The molecule has 1 N–H and O–H groups in total. The largest absolute Gasteiger partial charge is 0.334 e. The Hall–Kier alpha value is -1.43. The van der Waals surface area contributed by atoms with Crippen LogP contribution in [0.2, 0.25) is 5.02 Å². The first-order valence-corrected chi connectivity index (χ1v) is 7.13. The highest BCUT2D eigenvalue weighted by atomic mass is 35.5. The summed E-state index contributed by atoms with van der Waals surface area (Å²) in [4.78, 5) is 6.76. The third kappa shape index (κ3) is 3.00. The van der Waals surface area contributed by atoms with Gasteiger partial charge >= 0.3 is 0 Å². The molecule has 2 aromatic rings. The minimum atomic E-state index is 0.480. The van der Waals surface area contributed by atoms with Crippen LogP contribution in [-0.4, -0.2) is 40.7 Å². The number of benzene rings is 1. The zero-order valence-electron chi connectivity index (χ0n) is 11.3. The average molecular weight is 293 g/mol. The Balaban J connectivity index is 1.72. The van der Waals surface area contributed by atoms with E-state index in [1.165, 1.54) is 0 Å². The standard InChI is InChI=1S/C14H17ClN4O/c1-10-8-19(7-6-16-10)9-13-17-14(20-18-13)11-4-2-3-5-12(11)15/h2-5,10,16H,6-9H2,1H3/t10-/m0/s1. The van der Waals surface area contributed by atoms with E-state index in [4.69, 9.17) is 16.1 Å². The smallest absolute Gasteiger partial charge is 0.259 e. The van der Waals surface area contributed by atoms with Crippen LogP contribution in [0.1, 0.15) is 12.7 Å². The first kappa shape index (κ1) is 13.5.